The lowest BCUT2D eigenvalue weighted by atomic mass is 10.1. The van der Waals surface area contributed by atoms with Crippen molar-refractivity contribution in [2.75, 3.05) is 7.11 Å². The number of nitrogens with zero attached hydrogens (tertiary/aromatic N) is 4. The molecule has 0 atom stereocenters. The monoisotopic (exact) mass is 457 g/mol. The number of rotatable bonds is 9. The lowest BCUT2D eigenvalue weighted by Crippen LogP contribution is -2.23. The van der Waals surface area contributed by atoms with Gasteiger partial charge in [-0.1, -0.05) is 36.4 Å². The predicted octanol–water partition coefficient (Wildman–Crippen LogP) is 2.92. The first-order valence-electron chi connectivity index (χ1n) is 11.0. The average Bonchev–Trinajstić information content (AvgIpc) is 3.24. The maximum Gasteiger partial charge on any atom is 0.255 e. The SMILES string of the molecule is COCc1nn(Cc2ccc(Cn3ccccc3=O)cc2)cc1C(=O)NCc1ccc(C)nc1. The number of methoxy groups -OCH3 is 1. The average molecular weight is 458 g/mol. The maximum absolute atomic E-state index is 12.8. The number of amides is 1. The smallest absolute Gasteiger partial charge is 0.255 e. The van der Waals surface area contributed by atoms with E-state index in [1.54, 1.807) is 47.1 Å². The zero-order valence-electron chi connectivity index (χ0n) is 19.3. The second-order valence-corrected chi connectivity index (χ2v) is 8.09. The molecule has 0 saturated carbocycles. The van der Waals surface area contributed by atoms with Gasteiger partial charge in [-0.25, -0.2) is 0 Å². The van der Waals surface area contributed by atoms with E-state index in [2.05, 4.69) is 15.4 Å². The number of nitrogens with one attached hydrogen (secondary N) is 1. The summed E-state index contributed by atoms with van der Waals surface area (Å²) >= 11 is 0. The molecule has 4 aromatic rings. The Hall–Kier alpha value is -4.04. The quantitative estimate of drug-likeness (QED) is 0.417. The number of hydrogen-bond acceptors (Lipinski definition) is 5. The highest BCUT2D eigenvalue weighted by atomic mass is 16.5. The molecular weight excluding hydrogens is 430 g/mol. The summed E-state index contributed by atoms with van der Waals surface area (Å²) in [7, 11) is 1.58. The first-order chi connectivity index (χ1) is 16.5. The highest BCUT2D eigenvalue weighted by molar-refractivity contribution is 5.95. The highest BCUT2D eigenvalue weighted by Gasteiger charge is 2.16. The Morgan fingerprint density at radius 2 is 1.74 bits per heavy atom. The van der Waals surface area contributed by atoms with Crippen molar-refractivity contribution in [3.05, 3.63) is 117 Å². The van der Waals surface area contributed by atoms with Crippen LogP contribution < -0.4 is 10.9 Å². The van der Waals surface area contributed by atoms with E-state index in [1.165, 1.54) is 0 Å². The van der Waals surface area contributed by atoms with Gasteiger partial charge in [0.25, 0.3) is 11.5 Å². The van der Waals surface area contributed by atoms with Gasteiger partial charge in [0.1, 0.15) is 5.69 Å². The van der Waals surface area contributed by atoms with E-state index in [0.29, 0.717) is 30.9 Å². The maximum atomic E-state index is 12.8. The third-order valence-corrected chi connectivity index (χ3v) is 5.41. The van der Waals surface area contributed by atoms with E-state index in [4.69, 9.17) is 4.74 Å². The van der Waals surface area contributed by atoms with Gasteiger partial charge >= 0.3 is 0 Å². The summed E-state index contributed by atoms with van der Waals surface area (Å²) in [6, 6.07) is 17.0. The van der Waals surface area contributed by atoms with Crippen LogP contribution in [0.15, 0.2) is 78.0 Å². The molecule has 34 heavy (non-hydrogen) atoms. The van der Waals surface area contributed by atoms with Gasteiger partial charge in [-0.05, 0) is 35.7 Å². The third kappa shape index (κ3) is 5.85. The Balaban J connectivity index is 1.43. The summed E-state index contributed by atoms with van der Waals surface area (Å²) in [6.45, 7) is 3.58. The van der Waals surface area contributed by atoms with E-state index in [0.717, 1.165) is 22.4 Å². The van der Waals surface area contributed by atoms with Crippen LogP contribution in [0, 0.1) is 6.92 Å². The minimum atomic E-state index is -0.206. The van der Waals surface area contributed by atoms with E-state index >= 15 is 0 Å². The third-order valence-electron chi connectivity index (χ3n) is 5.41. The second-order valence-electron chi connectivity index (χ2n) is 8.09. The second kappa shape index (κ2) is 10.7. The molecule has 3 aromatic heterocycles. The van der Waals surface area contributed by atoms with Crippen LogP contribution in [0.2, 0.25) is 0 Å². The molecule has 8 nitrogen and oxygen atoms in total. The Morgan fingerprint density at radius 1 is 1.00 bits per heavy atom. The fraction of sp³-hybridized carbons (Fsp3) is 0.231. The molecule has 0 fully saturated rings. The Bertz CT molecular complexity index is 1310. The van der Waals surface area contributed by atoms with Crippen LogP contribution in [0.4, 0.5) is 0 Å². The minimum absolute atomic E-state index is 0.0294. The Morgan fingerprint density at radius 3 is 2.41 bits per heavy atom. The summed E-state index contributed by atoms with van der Waals surface area (Å²) in [4.78, 5) is 29.0. The lowest BCUT2D eigenvalue weighted by molar-refractivity contribution is 0.0946. The first kappa shape index (κ1) is 23.1. The lowest BCUT2D eigenvalue weighted by Gasteiger charge is -2.07. The predicted molar refractivity (Wildman–Crippen MR) is 128 cm³/mol. The van der Waals surface area contributed by atoms with Crippen LogP contribution >= 0.6 is 0 Å². The molecule has 0 unspecified atom stereocenters. The summed E-state index contributed by atoms with van der Waals surface area (Å²) in [5, 5.41) is 7.49. The first-order valence-corrected chi connectivity index (χ1v) is 11.0. The molecule has 0 radical (unpaired) electrons. The summed E-state index contributed by atoms with van der Waals surface area (Å²) in [5.41, 5.74) is 4.97. The van der Waals surface area contributed by atoms with Crippen LogP contribution in [-0.2, 0) is 31.0 Å². The van der Waals surface area contributed by atoms with Gasteiger partial charge < -0.3 is 14.6 Å². The van der Waals surface area contributed by atoms with Crippen LogP contribution in [-0.4, -0.2) is 32.3 Å². The van der Waals surface area contributed by atoms with Crippen LogP contribution in [0.25, 0.3) is 0 Å². The number of carbonyl (C=O) groups excluding carboxylic acids is 1. The molecule has 1 amide bonds. The zero-order valence-corrected chi connectivity index (χ0v) is 19.3. The number of pyridine rings is 2. The molecule has 3 heterocycles. The van der Waals surface area contributed by atoms with Crippen molar-refractivity contribution in [2.45, 2.75) is 33.2 Å². The molecule has 0 aliphatic carbocycles. The fourth-order valence-electron chi connectivity index (χ4n) is 3.58. The number of benzene rings is 1. The van der Waals surface area contributed by atoms with Crippen LogP contribution in [0.1, 0.15) is 38.4 Å². The van der Waals surface area contributed by atoms with Crippen molar-refractivity contribution in [2.24, 2.45) is 0 Å². The zero-order chi connectivity index (χ0) is 23.9. The van der Waals surface area contributed by atoms with Gasteiger partial charge in [-0.15, -0.1) is 0 Å². The number of aryl methyl sites for hydroxylation is 1. The van der Waals surface area contributed by atoms with Crippen molar-refractivity contribution >= 4 is 5.91 Å². The molecule has 8 heteroatoms. The minimum Gasteiger partial charge on any atom is -0.378 e. The number of aromatic nitrogens is 4. The molecule has 0 spiro atoms. The molecule has 174 valence electrons. The van der Waals surface area contributed by atoms with E-state index in [-0.39, 0.29) is 18.1 Å². The molecule has 0 bridgehead atoms. The molecule has 4 rings (SSSR count). The van der Waals surface area contributed by atoms with Crippen molar-refractivity contribution in [1.29, 1.82) is 0 Å². The molecule has 1 N–H and O–H groups in total. The number of carbonyl (C=O) groups is 1. The summed E-state index contributed by atoms with van der Waals surface area (Å²) in [6.07, 6.45) is 5.28. The van der Waals surface area contributed by atoms with Gasteiger partial charge in [0.15, 0.2) is 0 Å². The summed E-state index contributed by atoms with van der Waals surface area (Å²) < 4.78 is 8.65. The van der Waals surface area contributed by atoms with Crippen molar-refractivity contribution in [1.82, 2.24) is 24.6 Å². The standard InChI is InChI=1S/C26H27N5O3/c1-19-6-7-22(13-27-19)14-28-26(33)23-17-31(29-24(23)18-34-2)16-21-10-8-20(9-11-21)15-30-12-4-3-5-25(30)32/h3-13,17H,14-16,18H2,1-2H3,(H,28,33). The van der Waals surface area contributed by atoms with E-state index < -0.39 is 0 Å². The Labute approximate surface area is 197 Å². The van der Waals surface area contributed by atoms with Crippen molar-refractivity contribution in [3.8, 4) is 0 Å². The van der Waals surface area contributed by atoms with Crippen molar-refractivity contribution < 1.29 is 9.53 Å². The number of hydrogen-bond donors (Lipinski definition) is 1. The van der Waals surface area contributed by atoms with Crippen LogP contribution in [0.3, 0.4) is 0 Å². The molecule has 1 aromatic carbocycles. The van der Waals surface area contributed by atoms with Gasteiger partial charge in [-0.3, -0.25) is 19.3 Å². The molecular formula is C26H27N5O3. The molecule has 0 aliphatic rings. The van der Waals surface area contributed by atoms with Crippen LogP contribution in [0.5, 0.6) is 0 Å². The fourth-order valence-corrected chi connectivity index (χ4v) is 3.58. The van der Waals surface area contributed by atoms with E-state index in [9.17, 15) is 9.59 Å². The van der Waals surface area contributed by atoms with Gasteiger partial charge in [0.2, 0.25) is 0 Å². The normalized spacial score (nSPS) is 10.9. The van der Waals surface area contributed by atoms with Gasteiger partial charge in [-0.2, -0.15) is 5.10 Å². The summed E-state index contributed by atoms with van der Waals surface area (Å²) in [5.74, 6) is -0.206. The highest BCUT2D eigenvalue weighted by Crippen LogP contribution is 2.13. The number of ether oxygens (including phenoxy) is 1. The topological polar surface area (TPSA) is 91.0 Å². The largest absolute Gasteiger partial charge is 0.378 e. The van der Waals surface area contributed by atoms with Crippen molar-refractivity contribution in [3.63, 3.8) is 0 Å². The van der Waals surface area contributed by atoms with Gasteiger partial charge in [0, 0.05) is 44.0 Å². The molecule has 0 saturated heterocycles. The van der Waals surface area contributed by atoms with Gasteiger partial charge in [0.05, 0.1) is 25.3 Å². The Kier molecular flexibility index (Phi) is 7.29. The van der Waals surface area contributed by atoms with E-state index in [1.807, 2.05) is 49.4 Å². The molecule has 0 aliphatic heterocycles.